The Morgan fingerprint density at radius 3 is 1.48 bits per heavy atom. The van der Waals surface area contributed by atoms with Crippen molar-refractivity contribution in [3.05, 3.63) is 96.0 Å². The van der Waals surface area contributed by atoms with Crippen molar-refractivity contribution >= 4 is 67.5 Å². The number of hydrogen-bond donors (Lipinski definition) is 1. The summed E-state index contributed by atoms with van der Waals surface area (Å²) >= 11 is 13.7. The molecule has 0 saturated carbocycles. The molecular formula is C32H16Cl2N8. The molecule has 4 aromatic carbocycles. The van der Waals surface area contributed by atoms with Crippen LogP contribution in [0.2, 0.25) is 5.02 Å². The van der Waals surface area contributed by atoms with E-state index in [1.54, 1.807) is 0 Å². The third-order valence-corrected chi connectivity index (χ3v) is 8.26. The molecule has 5 heterocycles. The van der Waals surface area contributed by atoms with Gasteiger partial charge in [-0.2, -0.15) is 0 Å². The second-order valence-corrected chi connectivity index (χ2v) is 10.8. The Labute approximate surface area is 247 Å². The minimum absolute atomic E-state index is 0.499. The van der Waals surface area contributed by atoms with Crippen LogP contribution in [-0.2, 0) is 0 Å². The van der Waals surface area contributed by atoms with Gasteiger partial charge >= 0.3 is 0 Å². The fourth-order valence-electron chi connectivity index (χ4n) is 5.71. The van der Waals surface area contributed by atoms with E-state index < -0.39 is 0 Å². The summed E-state index contributed by atoms with van der Waals surface area (Å²) in [4.78, 5) is 33.1. The highest BCUT2D eigenvalue weighted by Crippen LogP contribution is 2.38. The lowest BCUT2D eigenvalue weighted by Crippen LogP contribution is -1.88. The molecule has 0 amide bonds. The summed E-state index contributed by atoms with van der Waals surface area (Å²) in [6.07, 6.45) is 0. The quantitative estimate of drug-likeness (QED) is 0.194. The molecule has 0 fully saturated rings. The summed E-state index contributed by atoms with van der Waals surface area (Å²) in [5.74, 6) is 2.03. The predicted molar refractivity (Wildman–Crippen MR) is 166 cm³/mol. The summed E-state index contributed by atoms with van der Waals surface area (Å²) in [7, 11) is 0. The smallest absolute Gasteiger partial charge is 0.164 e. The molecule has 0 saturated heterocycles. The lowest BCUT2D eigenvalue weighted by Gasteiger charge is -1.97. The fraction of sp³-hybridized carbons (Fsp3) is 0. The highest BCUT2D eigenvalue weighted by Gasteiger charge is 2.23. The van der Waals surface area contributed by atoms with Gasteiger partial charge in [-0.25, -0.2) is 34.0 Å². The van der Waals surface area contributed by atoms with Crippen molar-refractivity contribution in [2.45, 2.75) is 0 Å². The van der Waals surface area contributed by atoms with Crippen molar-refractivity contribution in [2.75, 3.05) is 0 Å². The number of H-pyrrole nitrogens is 1. The van der Waals surface area contributed by atoms with Gasteiger partial charge in [-0.05, 0) is 6.07 Å². The van der Waals surface area contributed by atoms with Crippen LogP contribution in [0.15, 0.2) is 91.0 Å². The van der Waals surface area contributed by atoms with E-state index in [2.05, 4.69) is 4.98 Å². The highest BCUT2D eigenvalue weighted by atomic mass is 35.5. The zero-order chi connectivity index (χ0) is 27.9. The van der Waals surface area contributed by atoms with Gasteiger partial charge in [0.2, 0.25) is 0 Å². The second-order valence-electron chi connectivity index (χ2n) is 10.0. The monoisotopic (exact) mass is 582 g/mol. The van der Waals surface area contributed by atoms with Gasteiger partial charge in [0.25, 0.3) is 0 Å². The number of nitrogens with zero attached hydrogens (tertiary/aromatic N) is 7. The van der Waals surface area contributed by atoms with Crippen molar-refractivity contribution in [3.8, 4) is 45.6 Å². The maximum atomic E-state index is 7.00. The van der Waals surface area contributed by atoms with Gasteiger partial charge in [0.05, 0.1) is 5.02 Å². The van der Waals surface area contributed by atoms with Gasteiger partial charge in [0.1, 0.15) is 11.3 Å². The molecule has 198 valence electrons. The molecular weight excluding hydrogens is 567 g/mol. The topological polar surface area (TPSA) is 98.1 Å². The molecule has 0 atom stereocenters. The molecule has 0 spiro atoms. The molecule has 2 aliphatic heterocycles. The Kier molecular flexibility index (Phi) is 4.85. The normalized spacial score (nSPS) is 12.0. The number of fused-ring (bicyclic) bond motifs is 20. The van der Waals surface area contributed by atoms with E-state index in [0.29, 0.717) is 50.9 Å². The average molecular weight is 583 g/mol. The molecule has 1 N–H and O–H groups in total. The molecule has 10 heteroatoms. The summed E-state index contributed by atoms with van der Waals surface area (Å²) in [6.45, 7) is 0. The summed E-state index contributed by atoms with van der Waals surface area (Å²) in [6, 6.07) is 29.3. The van der Waals surface area contributed by atoms with Crippen molar-refractivity contribution in [1.29, 1.82) is 0 Å². The lowest BCUT2D eigenvalue weighted by molar-refractivity contribution is 1.17. The molecule has 7 aromatic rings. The van der Waals surface area contributed by atoms with Crippen LogP contribution in [0, 0.1) is 0 Å². The molecule has 8 bridgehead atoms. The van der Waals surface area contributed by atoms with Gasteiger partial charge in [-0.3, -0.25) is 0 Å². The Bertz CT molecular complexity index is 2460. The first-order valence-electron chi connectivity index (χ1n) is 13.2. The molecule has 2 aliphatic rings. The minimum Gasteiger partial charge on any atom is -0.324 e. The summed E-state index contributed by atoms with van der Waals surface area (Å²) < 4.78 is 1.47. The number of rotatable bonds is 0. The number of halogens is 2. The zero-order valence-corrected chi connectivity index (χ0v) is 23.1. The van der Waals surface area contributed by atoms with Gasteiger partial charge in [0, 0.05) is 55.6 Å². The molecule has 0 unspecified atom stereocenters. The van der Waals surface area contributed by atoms with E-state index in [1.807, 2.05) is 91.0 Å². The van der Waals surface area contributed by atoms with Crippen LogP contribution in [0.3, 0.4) is 0 Å². The predicted octanol–water partition coefficient (Wildman–Crippen LogP) is 8.00. The average Bonchev–Trinajstić information content (AvgIpc) is 3.72. The third-order valence-electron chi connectivity index (χ3n) is 7.62. The number of aromatic nitrogens is 8. The maximum absolute atomic E-state index is 7.00. The van der Waals surface area contributed by atoms with Gasteiger partial charge in [-0.15, -0.1) is 0 Å². The molecule has 0 radical (unpaired) electrons. The first kappa shape index (κ1) is 23.5. The Balaban J connectivity index is 1.54. The van der Waals surface area contributed by atoms with Crippen molar-refractivity contribution < 1.29 is 0 Å². The number of nitrogens with one attached hydrogen (secondary N) is 1. The Morgan fingerprint density at radius 2 is 0.929 bits per heavy atom. The summed E-state index contributed by atoms with van der Waals surface area (Å²) in [5.41, 5.74) is 5.58. The van der Waals surface area contributed by atoms with Gasteiger partial charge in [-0.1, -0.05) is 96.5 Å². The van der Waals surface area contributed by atoms with E-state index in [1.165, 1.54) is 4.09 Å². The number of benzene rings is 4. The fourth-order valence-corrected chi connectivity index (χ4v) is 6.23. The molecule has 42 heavy (non-hydrogen) atoms. The van der Waals surface area contributed by atoms with E-state index in [4.69, 9.17) is 53.3 Å². The minimum atomic E-state index is 0.499. The first-order chi connectivity index (χ1) is 20.6. The van der Waals surface area contributed by atoms with Crippen molar-refractivity contribution in [2.24, 2.45) is 0 Å². The number of hydrogen-bond acceptors (Lipinski definition) is 6. The molecule has 9 rings (SSSR count). The van der Waals surface area contributed by atoms with Crippen LogP contribution in [-0.4, -0.2) is 39.0 Å². The highest BCUT2D eigenvalue weighted by molar-refractivity contribution is 6.37. The van der Waals surface area contributed by atoms with E-state index in [-0.39, 0.29) is 0 Å². The maximum Gasteiger partial charge on any atom is 0.164 e. The van der Waals surface area contributed by atoms with E-state index in [9.17, 15) is 0 Å². The second kappa shape index (κ2) is 8.66. The van der Waals surface area contributed by atoms with Crippen LogP contribution >= 0.6 is 23.4 Å². The van der Waals surface area contributed by atoms with Crippen LogP contribution in [0.4, 0.5) is 0 Å². The van der Waals surface area contributed by atoms with E-state index in [0.717, 1.165) is 43.8 Å². The molecule has 3 aromatic heterocycles. The van der Waals surface area contributed by atoms with Gasteiger partial charge < -0.3 is 4.98 Å². The van der Waals surface area contributed by atoms with Crippen LogP contribution in [0.1, 0.15) is 0 Å². The van der Waals surface area contributed by atoms with Crippen molar-refractivity contribution in [3.63, 3.8) is 0 Å². The largest absolute Gasteiger partial charge is 0.324 e. The van der Waals surface area contributed by atoms with Crippen LogP contribution in [0.25, 0.3) is 89.7 Å². The van der Waals surface area contributed by atoms with Crippen molar-refractivity contribution in [1.82, 2.24) is 39.0 Å². The van der Waals surface area contributed by atoms with Crippen LogP contribution < -0.4 is 0 Å². The Morgan fingerprint density at radius 1 is 0.476 bits per heavy atom. The zero-order valence-electron chi connectivity index (χ0n) is 21.5. The lowest BCUT2D eigenvalue weighted by atomic mass is 10.1. The Hall–Kier alpha value is -5.18. The first-order valence-corrected chi connectivity index (χ1v) is 13.9. The molecule has 0 aliphatic carbocycles. The summed E-state index contributed by atoms with van der Waals surface area (Å²) in [5, 5.41) is 3.81. The number of aromatic amines is 1. The SMILES string of the molecule is Clc1cccc2c3nc4nc(nc5c6ccccc6c(nc6nc(nc([nH]3)c12)-c1ccccc1-6)n5Cl)-c1ccccc1-4. The molecule has 8 nitrogen and oxygen atoms in total. The third kappa shape index (κ3) is 3.30. The van der Waals surface area contributed by atoms with Gasteiger partial charge in [0.15, 0.2) is 34.6 Å². The van der Waals surface area contributed by atoms with Crippen LogP contribution in [0.5, 0.6) is 0 Å². The van der Waals surface area contributed by atoms with E-state index >= 15 is 0 Å². The standard InChI is InChI=1S/C32H16Cl2N8/c33-23-15-7-14-22-24(23)30-38-26-17-9-2-4-11-19(17)28(36-26)41-32-21-13-6-5-12-20(21)31(42(32)34)40-27-18-10-3-1-8-16(18)25(35-27)37-29(22)39-30/h1-15H,(H,35,36,37,38,39,40,41).